The maximum Gasteiger partial charge on any atom is 0.358 e. The van der Waals surface area contributed by atoms with Crippen LogP contribution in [0.1, 0.15) is 21.6 Å². The molecule has 1 heterocycles. The first-order chi connectivity index (χ1) is 10.2. The molecule has 6 heteroatoms. The number of hydrogen-bond donors (Lipinski definition) is 1. The standard InChI is InChI=1S/C15H18N2O3S/c1-17-10-12(14(16-17)15(19)20-2)9-11-5-3-4-6-13(11)21-8-7-18/h3-6,10,18H,7-9H2,1-2H3. The van der Waals surface area contributed by atoms with Crippen molar-refractivity contribution >= 4 is 17.7 Å². The molecule has 0 radical (unpaired) electrons. The fraction of sp³-hybridized carbons (Fsp3) is 0.333. The average molecular weight is 306 g/mol. The van der Waals surface area contributed by atoms with E-state index in [0.717, 1.165) is 16.0 Å². The predicted molar refractivity (Wildman–Crippen MR) is 81.6 cm³/mol. The van der Waals surface area contributed by atoms with Gasteiger partial charge < -0.3 is 9.84 Å². The molecule has 112 valence electrons. The molecule has 0 saturated carbocycles. The van der Waals surface area contributed by atoms with Crippen LogP contribution in [-0.2, 0) is 18.2 Å². The highest BCUT2D eigenvalue weighted by atomic mass is 32.2. The first kappa shape index (κ1) is 15.6. The molecular weight excluding hydrogens is 288 g/mol. The minimum Gasteiger partial charge on any atom is -0.464 e. The second-order valence-electron chi connectivity index (χ2n) is 4.52. The minimum absolute atomic E-state index is 0.138. The number of benzene rings is 1. The Labute approximate surface area is 127 Å². The maximum atomic E-state index is 11.8. The molecule has 0 aliphatic rings. The highest BCUT2D eigenvalue weighted by molar-refractivity contribution is 7.99. The number of carbonyl (C=O) groups excluding carboxylic acids is 1. The highest BCUT2D eigenvalue weighted by Gasteiger charge is 2.17. The third kappa shape index (κ3) is 3.86. The summed E-state index contributed by atoms with van der Waals surface area (Å²) in [4.78, 5) is 12.9. The summed E-state index contributed by atoms with van der Waals surface area (Å²) >= 11 is 1.60. The summed E-state index contributed by atoms with van der Waals surface area (Å²) in [6, 6.07) is 7.97. The third-order valence-corrected chi connectivity index (χ3v) is 4.08. The fourth-order valence-electron chi connectivity index (χ4n) is 2.09. The largest absolute Gasteiger partial charge is 0.464 e. The fourth-order valence-corrected chi connectivity index (χ4v) is 2.90. The van der Waals surface area contributed by atoms with Crippen molar-refractivity contribution in [2.75, 3.05) is 19.5 Å². The van der Waals surface area contributed by atoms with Crippen LogP contribution in [-0.4, -0.2) is 40.3 Å². The van der Waals surface area contributed by atoms with E-state index >= 15 is 0 Å². The summed E-state index contributed by atoms with van der Waals surface area (Å²) in [6.07, 6.45) is 2.44. The lowest BCUT2D eigenvalue weighted by atomic mass is 10.1. The maximum absolute atomic E-state index is 11.8. The Morgan fingerprint density at radius 1 is 1.38 bits per heavy atom. The molecule has 2 rings (SSSR count). The SMILES string of the molecule is COC(=O)c1nn(C)cc1Cc1ccccc1SCCO. The van der Waals surface area contributed by atoms with Crippen LogP contribution in [0, 0.1) is 0 Å². The van der Waals surface area contributed by atoms with Gasteiger partial charge in [0.25, 0.3) is 0 Å². The molecule has 0 bridgehead atoms. The number of aryl methyl sites for hydroxylation is 1. The molecular formula is C15H18N2O3S. The number of carbonyl (C=O) groups is 1. The van der Waals surface area contributed by atoms with Gasteiger partial charge in [0.2, 0.25) is 0 Å². The van der Waals surface area contributed by atoms with Crippen molar-refractivity contribution in [3.05, 3.63) is 47.3 Å². The van der Waals surface area contributed by atoms with Gasteiger partial charge in [0, 0.05) is 35.9 Å². The summed E-state index contributed by atoms with van der Waals surface area (Å²) in [5.74, 6) is 0.222. The van der Waals surface area contributed by atoms with Gasteiger partial charge in [0.15, 0.2) is 5.69 Å². The van der Waals surface area contributed by atoms with Gasteiger partial charge in [0.1, 0.15) is 0 Å². The van der Waals surface area contributed by atoms with Crippen molar-refractivity contribution in [1.29, 1.82) is 0 Å². The molecule has 1 aromatic carbocycles. The second-order valence-corrected chi connectivity index (χ2v) is 5.66. The van der Waals surface area contributed by atoms with Crippen molar-refractivity contribution in [3.63, 3.8) is 0 Å². The summed E-state index contributed by atoms with van der Waals surface area (Å²) in [7, 11) is 3.13. The van der Waals surface area contributed by atoms with Crippen LogP contribution in [0.5, 0.6) is 0 Å². The van der Waals surface area contributed by atoms with Gasteiger partial charge in [-0.15, -0.1) is 11.8 Å². The molecule has 0 aliphatic heterocycles. The number of rotatable bonds is 6. The van der Waals surface area contributed by atoms with Gasteiger partial charge in [-0.2, -0.15) is 5.10 Å². The number of aromatic nitrogens is 2. The van der Waals surface area contributed by atoms with Gasteiger partial charge in [0.05, 0.1) is 13.7 Å². The van der Waals surface area contributed by atoms with E-state index in [9.17, 15) is 4.79 Å². The van der Waals surface area contributed by atoms with Crippen LogP contribution in [0.4, 0.5) is 0 Å². The number of methoxy groups -OCH3 is 1. The zero-order valence-electron chi connectivity index (χ0n) is 12.1. The number of thioether (sulfide) groups is 1. The molecule has 2 aromatic rings. The Bertz CT molecular complexity index is 625. The van der Waals surface area contributed by atoms with Crippen LogP contribution in [0.2, 0.25) is 0 Å². The quantitative estimate of drug-likeness (QED) is 0.652. The van der Waals surface area contributed by atoms with Gasteiger partial charge >= 0.3 is 5.97 Å². The molecule has 5 nitrogen and oxygen atoms in total. The van der Waals surface area contributed by atoms with E-state index in [-0.39, 0.29) is 6.61 Å². The minimum atomic E-state index is -0.425. The first-order valence-corrected chi connectivity index (χ1v) is 7.56. The number of aliphatic hydroxyl groups is 1. The van der Waals surface area contributed by atoms with Crippen LogP contribution in [0.15, 0.2) is 35.4 Å². The average Bonchev–Trinajstić information content (AvgIpc) is 2.86. The Kier molecular flexibility index (Phi) is 5.41. The number of aliphatic hydroxyl groups excluding tert-OH is 1. The van der Waals surface area contributed by atoms with Gasteiger partial charge in [-0.25, -0.2) is 4.79 Å². The van der Waals surface area contributed by atoms with E-state index in [1.54, 1.807) is 23.5 Å². The van der Waals surface area contributed by atoms with Crippen LogP contribution in [0.3, 0.4) is 0 Å². The Balaban J connectivity index is 2.28. The molecule has 0 atom stereocenters. The van der Waals surface area contributed by atoms with Crippen LogP contribution in [0.25, 0.3) is 0 Å². The monoisotopic (exact) mass is 306 g/mol. The highest BCUT2D eigenvalue weighted by Crippen LogP contribution is 2.25. The molecule has 21 heavy (non-hydrogen) atoms. The Morgan fingerprint density at radius 2 is 2.14 bits per heavy atom. The first-order valence-electron chi connectivity index (χ1n) is 6.58. The lowest BCUT2D eigenvalue weighted by Crippen LogP contribution is -2.06. The summed E-state index contributed by atoms with van der Waals surface area (Å²) < 4.78 is 6.39. The molecule has 0 amide bonds. The Morgan fingerprint density at radius 3 is 2.86 bits per heavy atom. The molecule has 0 fully saturated rings. The Hall–Kier alpha value is -1.79. The van der Waals surface area contributed by atoms with Gasteiger partial charge in [-0.3, -0.25) is 4.68 Å². The zero-order valence-corrected chi connectivity index (χ0v) is 12.9. The number of hydrogen-bond acceptors (Lipinski definition) is 5. The molecule has 0 unspecified atom stereocenters. The summed E-state index contributed by atoms with van der Waals surface area (Å²) in [5.41, 5.74) is 2.29. The lowest BCUT2D eigenvalue weighted by Gasteiger charge is -2.08. The molecule has 0 aliphatic carbocycles. The summed E-state index contributed by atoms with van der Waals surface area (Å²) in [6.45, 7) is 0.138. The third-order valence-electron chi connectivity index (χ3n) is 2.99. The number of nitrogens with zero attached hydrogens (tertiary/aromatic N) is 2. The topological polar surface area (TPSA) is 64.3 Å². The number of ether oxygens (including phenoxy) is 1. The summed E-state index contributed by atoms with van der Waals surface area (Å²) in [5, 5.41) is 13.1. The molecule has 0 spiro atoms. The molecule has 1 N–H and O–H groups in total. The smallest absolute Gasteiger partial charge is 0.358 e. The molecule has 1 aromatic heterocycles. The van der Waals surface area contributed by atoms with Crippen molar-refractivity contribution in [2.24, 2.45) is 7.05 Å². The second kappa shape index (κ2) is 7.28. The number of esters is 1. The van der Waals surface area contributed by atoms with E-state index in [1.165, 1.54) is 7.11 Å². The van der Waals surface area contributed by atoms with E-state index in [0.29, 0.717) is 17.9 Å². The van der Waals surface area contributed by atoms with E-state index in [2.05, 4.69) is 5.10 Å². The zero-order chi connectivity index (χ0) is 15.2. The molecule has 0 saturated heterocycles. The van der Waals surface area contributed by atoms with Crippen molar-refractivity contribution in [1.82, 2.24) is 9.78 Å². The van der Waals surface area contributed by atoms with E-state index in [4.69, 9.17) is 9.84 Å². The van der Waals surface area contributed by atoms with E-state index in [1.807, 2.05) is 30.5 Å². The van der Waals surface area contributed by atoms with Crippen molar-refractivity contribution in [3.8, 4) is 0 Å². The normalized spacial score (nSPS) is 10.6. The van der Waals surface area contributed by atoms with Crippen molar-refractivity contribution in [2.45, 2.75) is 11.3 Å². The van der Waals surface area contributed by atoms with E-state index < -0.39 is 5.97 Å². The van der Waals surface area contributed by atoms with Crippen molar-refractivity contribution < 1.29 is 14.6 Å². The van der Waals surface area contributed by atoms with Gasteiger partial charge in [-0.1, -0.05) is 18.2 Å². The van der Waals surface area contributed by atoms with Crippen LogP contribution < -0.4 is 0 Å². The lowest BCUT2D eigenvalue weighted by molar-refractivity contribution is 0.0592. The predicted octanol–water partition coefficient (Wildman–Crippen LogP) is 1.88. The van der Waals surface area contributed by atoms with Crippen LogP contribution >= 0.6 is 11.8 Å². The van der Waals surface area contributed by atoms with Gasteiger partial charge in [-0.05, 0) is 11.6 Å².